The van der Waals surface area contributed by atoms with E-state index in [1.165, 1.54) is 18.4 Å². The van der Waals surface area contributed by atoms with Gasteiger partial charge in [0, 0.05) is 18.7 Å². The van der Waals surface area contributed by atoms with Crippen molar-refractivity contribution in [2.75, 3.05) is 19.6 Å². The van der Waals surface area contributed by atoms with E-state index in [4.69, 9.17) is 5.73 Å². The molecule has 3 N–H and O–H groups in total. The van der Waals surface area contributed by atoms with E-state index in [0.717, 1.165) is 18.7 Å². The Bertz CT molecular complexity index is 654. The molecule has 134 valence electrons. The zero-order valence-corrected chi connectivity index (χ0v) is 15.2. The van der Waals surface area contributed by atoms with E-state index < -0.39 is 0 Å². The Labute approximate surface area is 155 Å². The molecule has 5 heteroatoms. The van der Waals surface area contributed by atoms with E-state index in [1.54, 1.807) is 0 Å². The number of hydrogen-bond donors (Lipinski definition) is 2. The van der Waals surface area contributed by atoms with Gasteiger partial charge in [-0.05, 0) is 49.2 Å². The zero-order valence-electron chi connectivity index (χ0n) is 14.4. The first-order valence-corrected chi connectivity index (χ1v) is 8.64. The second-order valence-electron chi connectivity index (χ2n) is 6.28. The van der Waals surface area contributed by atoms with Crippen LogP contribution in [0.2, 0.25) is 0 Å². The normalized spacial score (nSPS) is 15.4. The first-order valence-electron chi connectivity index (χ1n) is 8.64. The van der Waals surface area contributed by atoms with Crippen LogP contribution < -0.4 is 11.1 Å². The van der Waals surface area contributed by atoms with Crippen LogP contribution >= 0.6 is 12.4 Å². The van der Waals surface area contributed by atoms with E-state index in [0.29, 0.717) is 18.7 Å². The van der Waals surface area contributed by atoms with E-state index in [2.05, 4.69) is 34.5 Å². The number of hydrogen-bond acceptors (Lipinski definition) is 3. The Balaban J connectivity index is 0.00000225. The molecule has 1 atom stereocenters. The summed E-state index contributed by atoms with van der Waals surface area (Å²) in [6.45, 7) is 3.32. The summed E-state index contributed by atoms with van der Waals surface area (Å²) in [5.74, 6) is -0.0290. The molecule has 2 aromatic rings. The van der Waals surface area contributed by atoms with Crippen molar-refractivity contribution in [3.8, 4) is 0 Å². The molecule has 0 aliphatic carbocycles. The van der Waals surface area contributed by atoms with E-state index in [1.807, 2.05) is 30.3 Å². The summed E-state index contributed by atoms with van der Waals surface area (Å²) >= 11 is 0. The first kappa shape index (κ1) is 19.4. The summed E-state index contributed by atoms with van der Waals surface area (Å²) < 4.78 is 0. The van der Waals surface area contributed by atoms with Crippen LogP contribution in [-0.2, 0) is 6.54 Å². The van der Waals surface area contributed by atoms with Gasteiger partial charge in [-0.15, -0.1) is 12.4 Å². The van der Waals surface area contributed by atoms with Crippen molar-refractivity contribution in [1.82, 2.24) is 10.2 Å². The molecule has 1 aliphatic rings. The van der Waals surface area contributed by atoms with Crippen molar-refractivity contribution < 1.29 is 4.79 Å². The summed E-state index contributed by atoms with van der Waals surface area (Å²) in [6.07, 6.45) is 2.47. The third-order valence-corrected chi connectivity index (χ3v) is 4.67. The van der Waals surface area contributed by atoms with Gasteiger partial charge in [-0.1, -0.05) is 42.5 Å². The van der Waals surface area contributed by atoms with Gasteiger partial charge in [0.1, 0.15) is 0 Å². The third-order valence-electron chi connectivity index (χ3n) is 4.67. The van der Waals surface area contributed by atoms with Gasteiger partial charge in [0.25, 0.3) is 5.91 Å². The molecule has 1 fully saturated rings. The maximum Gasteiger partial charge on any atom is 0.251 e. The molecule has 0 radical (unpaired) electrons. The summed E-state index contributed by atoms with van der Waals surface area (Å²) in [5.41, 5.74) is 8.58. The summed E-state index contributed by atoms with van der Waals surface area (Å²) in [5, 5.41) is 3.10. The fraction of sp³-hybridized carbons (Fsp3) is 0.350. The molecule has 3 rings (SSSR count). The molecule has 0 aromatic heterocycles. The lowest BCUT2D eigenvalue weighted by molar-refractivity contribution is 0.0938. The summed E-state index contributed by atoms with van der Waals surface area (Å²) in [6, 6.07) is 18.2. The third kappa shape index (κ3) is 5.05. The molecule has 4 nitrogen and oxygen atoms in total. The second kappa shape index (κ2) is 9.56. The number of benzene rings is 2. The molecular formula is C20H26ClN3O. The van der Waals surface area contributed by atoms with Crippen molar-refractivity contribution in [3.05, 3.63) is 71.3 Å². The van der Waals surface area contributed by atoms with Crippen molar-refractivity contribution in [2.45, 2.75) is 25.4 Å². The topological polar surface area (TPSA) is 58.4 Å². The number of nitrogens with zero attached hydrogens (tertiary/aromatic N) is 1. The quantitative estimate of drug-likeness (QED) is 0.833. The number of nitrogens with two attached hydrogens (primary N) is 1. The molecule has 0 bridgehead atoms. The minimum Gasteiger partial charge on any atom is -0.350 e. The zero-order chi connectivity index (χ0) is 16.8. The number of likely N-dealkylation sites (tertiary alicyclic amines) is 1. The van der Waals surface area contributed by atoms with Crippen molar-refractivity contribution in [1.29, 1.82) is 0 Å². The highest BCUT2D eigenvalue weighted by Gasteiger charge is 2.23. The molecule has 1 heterocycles. The summed E-state index contributed by atoms with van der Waals surface area (Å²) in [4.78, 5) is 14.9. The van der Waals surface area contributed by atoms with Crippen LogP contribution in [0.5, 0.6) is 0 Å². The second-order valence-corrected chi connectivity index (χ2v) is 6.28. The Morgan fingerprint density at radius 3 is 2.28 bits per heavy atom. The maximum absolute atomic E-state index is 12.4. The molecule has 2 aromatic carbocycles. The minimum atomic E-state index is -0.0290. The molecule has 1 saturated heterocycles. The van der Waals surface area contributed by atoms with Gasteiger partial charge >= 0.3 is 0 Å². The molecule has 0 saturated carbocycles. The van der Waals surface area contributed by atoms with Crippen LogP contribution in [0.25, 0.3) is 0 Å². The average molecular weight is 360 g/mol. The van der Waals surface area contributed by atoms with Crippen molar-refractivity contribution >= 4 is 18.3 Å². The van der Waals surface area contributed by atoms with Crippen LogP contribution in [0.4, 0.5) is 0 Å². The summed E-state index contributed by atoms with van der Waals surface area (Å²) in [7, 11) is 0. The number of carbonyl (C=O) groups excluding carboxylic acids is 1. The Hall–Kier alpha value is -1.88. The lowest BCUT2D eigenvalue weighted by Gasteiger charge is -2.28. The molecule has 1 unspecified atom stereocenters. The van der Waals surface area contributed by atoms with Gasteiger partial charge < -0.3 is 11.1 Å². The van der Waals surface area contributed by atoms with Crippen LogP contribution in [0.1, 0.15) is 40.4 Å². The maximum atomic E-state index is 12.4. The van der Waals surface area contributed by atoms with Crippen LogP contribution in [0.3, 0.4) is 0 Å². The monoisotopic (exact) mass is 359 g/mol. The smallest absolute Gasteiger partial charge is 0.251 e. The highest BCUT2D eigenvalue weighted by Crippen LogP contribution is 2.24. The van der Waals surface area contributed by atoms with Crippen molar-refractivity contribution in [3.63, 3.8) is 0 Å². The SMILES string of the molecule is Cl.NCc1ccc(C(=O)NCC(c2ccccc2)N2CCCC2)cc1. The predicted molar refractivity (Wildman–Crippen MR) is 104 cm³/mol. The lowest BCUT2D eigenvalue weighted by Crippen LogP contribution is -2.36. The van der Waals surface area contributed by atoms with Gasteiger partial charge in [0.2, 0.25) is 0 Å². The van der Waals surface area contributed by atoms with E-state index in [-0.39, 0.29) is 24.4 Å². The van der Waals surface area contributed by atoms with Gasteiger partial charge in [-0.2, -0.15) is 0 Å². The van der Waals surface area contributed by atoms with E-state index in [9.17, 15) is 4.79 Å². The van der Waals surface area contributed by atoms with Crippen LogP contribution in [0.15, 0.2) is 54.6 Å². The number of carbonyl (C=O) groups is 1. The Kier molecular flexibility index (Phi) is 7.44. The average Bonchev–Trinajstić information content (AvgIpc) is 3.17. The number of amides is 1. The fourth-order valence-corrected chi connectivity index (χ4v) is 3.27. The Morgan fingerprint density at radius 1 is 1.04 bits per heavy atom. The number of rotatable bonds is 6. The largest absolute Gasteiger partial charge is 0.350 e. The van der Waals surface area contributed by atoms with Crippen LogP contribution in [-0.4, -0.2) is 30.4 Å². The van der Waals surface area contributed by atoms with Gasteiger partial charge in [-0.25, -0.2) is 0 Å². The first-order chi connectivity index (χ1) is 11.8. The van der Waals surface area contributed by atoms with E-state index >= 15 is 0 Å². The molecular weight excluding hydrogens is 334 g/mol. The fourth-order valence-electron chi connectivity index (χ4n) is 3.27. The van der Waals surface area contributed by atoms with Gasteiger partial charge in [-0.3, -0.25) is 9.69 Å². The number of halogens is 1. The minimum absolute atomic E-state index is 0. The highest BCUT2D eigenvalue weighted by atomic mass is 35.5. The number of nitrogens with one attached hydrogen (secondary N) is 1. The lowest BCUT2D eigenvalue weighted by atomic mass is 10.1. The Morgan fingerprint density at radius 2 is 1.68 bits per heavy atom. The molecule has 25 heavy (non-hydrogen) atoms. The van der Waals surface area contributed by atoms with Gasteiger partial charge in [0.15, 0.2) is 0 Å². The van der Waals surface area contributed by atoms with Crippen LogP contribution in [0, 0.1) is 0 Å². The molecule has 1 aliphatic heterocycles. The molecule has 0 spiro atoms. The highest BCUT2D eigenvalue weighted by molar-refractivity contribution is 5.94. The van der Waals surface area contributed by atoms with Crippen molar-refractivity contribution in [2.24, 2.45) is 5.73 Å². The standard InChI is InChI=1S/C20H25N3O.ClH/c21-14-16-8-10-18(11-9-16)20(24)22-15-19(23-12-4-5-13-23)17-6-2-1-3-7-17;/h1-3,6-11,19H,4-5,12-15,21H2,(H,22,24);1H. The molecule has 1 amide bonds. The predicted octanol–water partition coefficient (Wildman–Crippen LogP) is 3.13. The van der Waals surface area contributed by atoms with Gasteiger partial charge in [0.05, 0.1) is 6.04 Å².